The summed E-state index contributed by atoms with van der Waals surface area (Å²) in [5.74, 6) is 1.03. The number of tetrazole rings is 1. The molecule has 156 valence electrons. The number of para-hydroxylation sites is 1. The summed E-state index contributed by atoms with van der Waals surface area (Å²) in [4.78, 5) is 16.3. The van der Waals surface area contributed by atoms with Gasteiger partial charge >= 0.3 is 6.03 Å². The molecule has 30 heavy (non-hydrogen) atoms. The molecule has 1 aromatic heterocycles. The van der Waals surface area contributed by atoms with Crippen LogP contribution >= 0.6 is 0 Å². The van der Waals surface area contributed by atoms with Gasteiger partial charge in [0.15, 0.2) is 5.82 Å². The maximum atomic E-state index is 13.7. The van der Waals surface area contributed by atoms with Gasteiger partial charge in [-0.25, -0.2) is 9.18 Å². The number of piperazine rings is 1. The standard InChI is InChI=1S/C20H22FN7O2/c1-30-16-8-6-15(7-9-16)28-19(23-24-25-28)14-26-10-12-27(13-11-26)20(29)22-18-5-3-2-4-17(18)21/h2-9H,10-14H2,1H3,(H,22,29). The maximum Gasteiger partial charge on any atom is 0.322 e. The Morgan fingerprint density at radius 1 is 1.10 bits per heavy atom. The molecule has 0 spiro atoms. The van der Waals surface area contributed by atoms with Crippen LogP contribution in [0.15, 0.2) is 48.5 Å². The number of aromatic nitrogens is 4. The molecular weight excluding hydrogens is 389 g/mol. The quantitative estimate of drug-likeness (QED) is 0.692. The molecule has 0 saturated carbocycles. The SMILES string of the molecule is COc1ccc(-n2nnnc2CN2CCN(C(=O)Nc3ccccc3F)CC2)cc1. The van der Waals surface area contributed by atoms with Crippen molar-refractivity contribution in [1.29, 1.82) is 0 Å². The summed E-state index contributed by atoms with van der Waals surface area (Å²) in [5.41, 5.74) is 1.03. The molecule has 0 radical (unpaired) electrons. The van der Waals surface area contributed by atoms with E-state index >= 15 is 0 Å². The Hall–Kier alpha value is -3.53. The lowest BCUT2D eigenvalue weighted by Crippen LogP contribution is -2.49. The summed E-state index contributed by atoms with van der Waals surface area (Å²) < 4.78 is 20.6. The van der Waals surface area contributed by atoms with Crippen LogP contribution in [0.25, 0.3) is 5.69 Å². The van der Waals surface area contributed by atoms with Gasteiger partial charge in [0.25, 0.3) is 0 Å². The Labute approximate surface area is 173 Å². The number of carbonyl (C=O) groups excluding carboxylic acids is 1. The summed E-state index contributed by atoms with van der Waals surface area (Å²) in [6, 6.07) is 13.3. The van der Waals surface area contributed by atoms with E-state index in [9.17, 15) is 9.18 Å². The zero-order valence-corrected chi connectivity index (χ0v) is 16.5. The minimum absolute atomic E-state index is 0.184. The van der Waals surface area contributed by atoms with Crippen LogP contribution < -0.4 is 10.1 Å². The van der Waals surface area contributed by atoms with Gasteiger partial charge in [0.2, 0.25) is 0 Å². The first-order valence-electron chi connectivity index (χ1n) is 9.58. The summed E-state index contributed by atoms with van der Waals surface area (Å²) in [6.07, 6.45) is 0. The molecule has 1 N–H and O–H groups in total. The van der Waals surface area contributed by atoms with Crippen LogP contribution in [0.2, 0.25) is 0 Å². The van der Waals surface area contributed by atoms with E-state index in [0.29, 0.717) is 38.5 Å². The van der Waals surface area contributed by atoms with Gasteiger partial charge in [0.05, 0.1) is 25.0 Å². The summed E-state index contributed by atoms with van der Waals surface area (Å²) in [7, 11) is 1.62. The van der Waals surface area contributed by atoms with Crippen molar-refractivity contribution in [3.8, 4) is 11.4 Å². The van der Waals surface area contributed by atoms with Crippen molar-refractivity contribution in [3.63, 3.8) is 0 Å². The number of methoxy groups -OCH3 is 1. The molecule has 0 aliphatic carbocycles. The molecule has 2 amide bonds. The van der Waals surface area contributed by atoms with Crippen molar-refractivity contribution >= 4 is 11.7 Å². The molecule has 9 nitrogen and oxygen atoms in total. The number of hydrogen-bond donors (Lipinski definition) is 1. The number of rotatable bonds is 5. The molecule has 1 saturated heterocycles. The van der Waals surface area contributed by atoms with Gasteiger partial charge in [-0.3, -0.25) is 4.90 Å². The van der Waals surface area contributed by atoms with Crippen LogP contribution in [-0.2, 0) is 6.54 Å². The van der Waals surface area contributed by atoms with Crippen molar-refractivity contribution in [3.05, 3.63) is 60.2 Å². The van der Waals surface area contributed by atoms with E-state index in [1.54, 1.807) is 34.9 Å². The average molecular weight is 411 g/mol. The van der Waals surface area contributed by atoms with E-state index in [4.69, 9.17) is 4.74 Å². The number of nitrogens with zero attached hydrogens (tertiary/aromatic N) is 6. The van der Waals surface area contributed by atoms with Crippen LogP contribution in [-0.4, -0.2) is 69.3 Å². The van der Waals surface area contributed by atoms with E-state index in [2.05, 4.69) is 25.7 Å². The fourth-order valence-corrected chi connectivity index (χ4v) is 3.29. The third-order valence-electron chi connectivity index (χ3n) is 4.99. The number of ether oxygens (including phenoxy) is 1. The molecule has 1 fully saturated rings. The predicted octanol–water partition coefficient (Wildman–Crippen LogP) is 2.16. The molecule has 1 aliphatic rings. The zero-order chi connectivity index (χ0) is 20.9. The van der Waals surface area contributed by atoms with Gasteiger partial charge in [-0.05, 0) is 46.8 Å². The van der Waals surface area contributed by atoms with Crippen LogP contribution in [0.3, 0.4) is 0 Å². The number of anilines is 1. The van der Waals surface area contributed by atoms with E-state index in [0.717, 1.165) is 11.4 Å². The first-order chi connectivity index (χ1) is 14.6. The molecule has 0 bridgehead atoms. The van der Waals surface area contributed by atoms with Gasteiger partial charge in [0, 0.05) is 26.2 Å². The minimum atomic E-state index is -0.449. The van der Waals surface area contributed by atoms with Crippen molar-refractivity contribution in [2.45, 2.75) is 6.54 Å². The van der Waals surface area contributed by atoms with Gasteiger partial charge in [-0.2, -0.15) is 4.68 Å². The number of amides is 2. The fourth-order valence-electron chi connectivity index (χ4n) is 3.29. The second kappa shape index (κ2) is 8.87. The van der Waals surface area contributed by atoms with Crippen molar-refractivity contribution in [2.75, 3.05) is 38.6 Å². The van der Waals surface area contributed by atoms with Crippen molar-refractivity contribution in [2.24, 2.45) is 0 Å². The molecule has 2 aromatic carbocycles. The highest BCUT2D eigenvalue weighted by atomic mass is 19.1. The zero-order valence-electron chi connectivity index (χ0n) is 16.5. The maximum absolute atomic E-state index is 13.7. The largest absolute Gasteiger partial charge is 0.497 e. The minimum Gasteiger partial charge on any atom is -0.497 e. The Bertz CT molecular complexity index is 1000. The fraction of sp³-hybridized carbons (Fsp3) is 0.300. The number of hydrogen-bond acceptors (Lipinski definition) is 6. The molecule has 10 heteroatoms. The lowest BCUT2D eigenvalue weighted by atomic mass is 10.3. The van der Waals surface area contributed by atoms with Crippen molar-refractivity contribution < 1.29 is 13.9 Å². The lowest BCUT2D eigenvalue weighted by molar-refractivity contribution is 0.140. The van der Waals surface area contributed by atoms with Crippen LogP contribution in [0.1, 0.15) is 5.82 Å². The summed E-state index contributed by atoms with van der Waals surface area (Å²) >= 11 is 0. The lowest BCUT2D eigenvalue weighted by Gasteiger charge is -2.34. The predicted molar refractivity (Wildman–Crippen MR) is 108 cm³/mol. The highest BCUT2D eigenvalue weighted by Gasteiger charge is 2.23. The van der Waals surface area contributed by atoms with Crippen LogP contribution in [0, 0.1) is 5.82 Å². The normalized spacial score (nSPS) is 14.5. The van der Waals surface area contributed by atoms with Crippen LogP contribution in [0.4, 0.5) is 14.9 Å². The highest BCUT2D eigenvalue weighted by molar-refractivity contribution is 5.89. The number of nitrogens with one attached hydrogen (secondary N) is 1. The van der Waals surface area contributed by atoms with E-state index in [-0.39, 0.29) is 11.7 Å². The first kappa shape index (κ1) is 19.8. The molecule has 4 rings (SSSR count). The topological polar surface area (TPSA) is 88.4 Å². The van der Waals surface area contributed by atoms with Crippen molar-refractivity contribution in [1.82, 2.24) is 30.0 Å². The molecule has 3 aromatic rings. The third-order valence-corrected chi connectivity index (χ3v) is 4.99. The second-order valence-corrected chi connectivity index (χ2v) is 6.88. The molecular formula is C20H22FN7O2. The first-order valence-corrected chi connectivity index (χ1v) is 9.58. The molecule has 2 heterocycles. The average Bonchev–Trinajstić information content (AvgIpc) is 3.24. The Kier molecular flexibility index (Phi) is 5.84. The molecule has 0 unspecified atom stereocenters. The Morgan fingerprint density at radius 3 is 2.53 bits per heavy atom. The number of carbonyl (C=O) groups is 1. The smallest absolute Gasteiger partial charge is 0.322 e. The van der Waals surface area contributed by atoms with E-state index in [1.807, 2.05) is 24.3 Å². The summed E-state index contributed by atoms with van der Waals surface area (Å²) in [5, 5.41) is 14.7. The van der Waals surface area contributed by atoms with Gasteiger partial charge in [-0.15, -0.1) is 5.10 Å². The summed E-state index contributed by atoms with van der Waals surface area (Å²) in [6.45, 7) is 2.96. The van der Waals surface area contributed by atoms with Gasteiger partial charge < -0.3 is 15.0 Å². The molecule has 0 atom stereocenters. The monoisotopic (exact) mass is 411 g/mol. The number of halogens is 1. The van der Waals surface area contributed by atoms with E-state index < -0.39 is 5.82 Å². The third kappa shape index (κ3) is 4.38. The number of benzene rings is 2. The second-order valence-electron chi connectivity index (χ2n) is 6.88. The highest BCUT2D eigenvalue weighted by Crippen LogP contribution is 2.17. The van der Waals surface area contributed by atoms with Crippen LogP contribution in [0.5, 0.6) is 5.75 Å². The van der Waals surface area contributed by atoms with Gasteiger partial charge in [-0.1, -0.05) is 12.1 Å². The number of urea groups is 1. The van der Waals surface area contributed by atoms with E-state index in [1.165, 1.54) is 6.07 Å². The molecule has 1 aliphatic heterocycles. The van der Waals surface area contributed by atoms with Gasteiger partial charge in [0.1, 0.15) is 11.6 Å². The Balaban J connectivity index is 1.34. The Morgan fingerprint density at radius 2 is 1.83 bits per heavy atom.